The molecular formula is C78H96Cl5F3N6O10S3. The van der Waals surface area contributed by atoms with E-state index in [1.807, 2.05) is 12.1 Å². The van der Waals surface area contributed by atoms with Crippen molar-refractivity contribution < 1.29 is 57.4 Å². The third kappa shape index (κ3) is 22.1. The summed E-state index contributed by atoms with van der Waals surface area (Å²) in [6, 6.07) is 38.8. The highest BCUT2D eigenvalue weighted by Gasteiger charge is 2.38. The van der Waals surface area contributed by atoms with Crippen molar-refractivity contribution in [2.24, 2.45) is 0 Å². The number of rotatable bonds is 22. The Balaban J connectivity index is 0.000000148. The maximum absolute atomic E-state index is 13.0. The number of piperidine rings is 3. The quantitative estimate of drug-likeness (QED) is 0.0584. The molecule has 105 heavy (non-hydrogen) atoms. The van der Waals surface area contributed by atoms with Gasteiger partial charge in [0.25, 0.3) is 0 Å². The highest BCUT2D eigenvalue weighted by Crippen LogP contribution is 2.43. The molecule has 3 heterocycles. The van der Waals surface area contributed by atoms with Gasteiger partial charge in [-0.1, -0.05) is 113 Å². The van der Waals surface area contributed by atoms with Gasteiger partial charge in [-0.25, -0.2) is 39.4 Å². The van der Waals surface area contributed by atoms with Crippen molar-refractivity contribution in [2.45, 2.75) is 228 Å². The van der Waals surface area contributed by atoms with Gasteiger partial charge >= 0.3 is 6.18 Å². The Bertz CT molecular complexity index is 4060. The number of nitrogens with zero attached hydrogens (tertiary/aromatic N) is 3. The molecule has 27 heteroatoms. The minimum Gasteiger partial charge on any atom is -0.495 e. The fraction of sp³-hybridized carbons (Fsp3) is 0.538. The first-order valence-electron chi connectivity index (χ1n) is 37.2. The molecule has 8 aliphatic rings. The third-order valence-corrected chi connectivity index (χ3v) is 28.3. The van der Waals surface area contributed by atoms with E-state index in [1.54, 1.807) is 30.3 Å². The molecule has 3 saturated heterocycles. The molecule has 6 aromatic carbocycles. The lowest BCUT2D eigenvalue weighted by molar-refractivity contribution is -0.153. The summed E-state index contributed by atoms with van der Waals surface area (Å²) >= 11 is 30.1. The maximum Gasteiger partial charge on any atom is 0.422 e. The third-order valence-electron chi connectivity index (χ3n) is 22.1. The molecule has 0 spiro atoms. The summed E-state index contributed by atoms with van der Waals surface area (Å²) in [6.07, 6.45) is 18.0. The highest BCUT2D eigenvalue weighted by molar-refractivity contribution is 7.90. The van der Waals surface area contributed by atoms with Gasteiger partial charge in [-0.05, 0) is 288 Å². The molecule has 572 valence electrons. The second kappa shape index (κ2) is 36.0. The number of alkyl halides is 3. The van der Waals surface area contributed by atoms with Gasteiger partial charge in [0.15, 0.2) is 6.61 Å². The summed E-state index contributed by atoms with van der Waals surface area (Å²) in [5.74, 6) is 3.98. The van der Waals surface area contributed by atoms with Gasteiger partial charge in [0.1, 0.15) is 37.7 Å². The van der Waals surface area contributed by atoms with Gasteiger partial charge in [-0.3, -0.25) is 0 Å². The molecule has 0 unspecified atom stereocenters. The molecule has 3 aliphatic heterocycles. The first kappa shape index (κ1) is 79.9. The van der Waals surface area contributed by atoms with Crippen LogP contribution < -0.4 is 33.1 Å². The van der Waals surface area contributed by atoms with Crippen LogP contribution in [0.4, 0.5) is 13.2 Å². The van der Waals surface area contributed by atoms with Crippen molar-refractivity contribution in [2.75, 3.05) is 53.0 Å². The topological polar surface area (TPSA) is 185 Å². The largest absolute Gasteiger partial charge is 0.495 e. The van der Waals surface area contributed by atoms with E-state index in [0.29, 0.717) is 63.0 Å². The molecule has 0 bridgehead atoms. The predicted molar refractivity (Wildman–Crippen MR) is 409 cm³/mol. The molecule has 5 aliphatic carbocycles. The number of halogens is 8. The van der Waals surface area contributed by atoms with Gasteiger partial charge in [0, 0.05) is 51.3 Å². The number of likely N-dealkylation sites (tertiary alicyclic amines) is 3. The van der Waals surface area contributed by atoms with Crippen LogP contribution in [0.5, 0.6) is 23.0 Å². The van der Waals surface area contributed by atoms with E-state index in [4.69, 9.17) is 77.0 Å². The zero-order valence-corrected chi connectivity index (χ0v) is 65.4. The van der Waals surface area contributed by atoms with Crippen LogP contribution in [-0.2, 0) is 30.1 Å². The predicted octanol–water partition coefficient (Wildman–Crippen LogP) is 17.8. The minimum atomic E-state index is -4.37. The Morgan fingerprint density at radius 2 is 0.695 bits per heavy atom. The Morgan fingerprint density at radius 3 is 1.03 bits per heavy atom. The van der Waals surface area contributed by atoms with Crippen LogP contribution >= 0.6 is 58.0 Å². The summed E-state index contributed by atoms with van der Waals surface area (Å²) in [7, 11) is -9.68. The normalized spacial score (nSPS) is 23.8. The van der Waals surface area contributed by atoms with E-state index in [-0.39, 0.29) is 54.5 Å². The van der Waals surface area contributed by atoms with Crippen LogP contribution in [0.2, 0.25) is 25.1 Å². The van der Waals surface area contributed by atoms with Crippen LogP contribution in [0.15, 0.2) is 142 Å². The second-order valence-corrected chi connectivity index (χ2v) is 36.6. The number of nitrogens with one attached hydrogen (secondary N) is 3. The van der Waals surface area contributed by atoms with Crippen LogP contribution in [-0.4, -0.2) is 148 Å². The molecule has 6 aromatic rings. The Kier molecular flexibility index (Phi) is 27.4. The van der Waals surface area contributed by atoms with Gasteiger partial charge in [-0.2, -0.15) is 13.2 Å². The van der Waals surface area contributed by atoms with Crippen LogP contribution in [0.25, 0.3) is 0 Å². The summed E-state index contributed by atoms with van der Waals surface area (Å²) in [5.41, 5.74) is 3.57. The van der Waals surface area contributed by atoms with Crippen LogP contribution in [0.1, 0.15) is 176 Å². The molecule has 14 rings (SSSR count). The van der Waals surface area contributed by atoms with Gasteiger partial charge in [-0.15, -0.1) is 0 Å². The molecule has 0 amide bonds. The van der Waals surface area contributed by atoms with Gasteiger partial charge in [0.05, 0.1) is 29.4 Å². The summed E-state index contributed by atoms with van der Waals surface area (Å²) in [5, 5.41) is 1.48. The van der Waals surface area contributed by atoms with Gasteiger partial charge in [0.2, 0.25) is 30.1 Å². The number of benzene rings is 6. The van der Waals surface area contributed by atoms with Crippen molar-refractivity contribution >= 4 is 88.1 Å². The van der Waals surface area contributed by atoms with Crippen molar-refractivity contribution in [3.05, 3.63) is 169 Å². The van der Waals surface area contributed by atoms with E-state index in [0.717, 1.165) is 172 Å². The molecule has 0 aromatic heterocycles. The Morgan fingerprint density at radius 1 is 0.381 bits per heavy atom. The second-order valence-electron chi connectivity index (χ2n) is 29.4. The zero-order valence-electron chi connectivity index (χ0n) is 59.2. The summed E-state index contributed by atoms with van der Waals surface area (Å²) < 4.78 is 146. The number of hydrogen-bond acceptors (Lipinski definition) is 13. The van der Waals surface area contributed by atoms with E-state index < -0.39 is 42.9 Å². The Labute approximate surface area is 643 Å². The van der Waals surface area contributed by atoms with E-state index in [1.165, 1.54) is 80.3 Å². The van der Waals surface area contributed by atoms with E-state index in [9.17, 15) is 38.4 Å². The summed E-state index contributed by atoms with van der Waals surface area (Å²) in [4.78, 5) is 7.87. The number of ether oxygens (including phenoxy) is 4. The molecule has 0 radical (unpaired) electrons. The SMILES string of the molecule is COc1ccc(Cl)cc1S(=O)(=O)NC1CCC(N2CCC(c3ccccc3OCC(F)(F)F)CC2)CC1.O=S(=O)(NC1CCC(N2CCC(c3ccccc3OC3CC3)CC2)CC1)c1ccc(Cl)cc1Cl.O=S(=O)(NC1CCC(N2CCC(c3ccccc3OC3CC3)CC2)CC1)c1ccc(Cl)cc1Cl. The number of para-hydroxylation sites is 3. The Hall–Kier alpha value is -4.63. The fourth-order valence-corrected chi connectivity index (χ4v) is 22.1. The lowest BCUT2D eigenvalue weighted by Gasteiger charge is -2.41. The van der Waals surface area contributed by atoms with Crippen molar-refractivity contribution in [1.82, 2.24) is 28.9 Å². The van der Waals surface area contributed by atoms with E-state index in [2.05, 4.69) is 77.4 Å². The summed E-state index contributed by atoms with van der Waals surface area (Å²) in [6.45, 7) is 4.75. The van der Waals surface area contributed by atoms with Crippen molar-refractivity contribution in [1.29, 1.82) is 0 Å². The lowest BCUT2D eigenvalue weighted by Crippen LogP contribution is -2.46. The monoisotopic (exact) mass is 1600 g/mol. The standard InChI is InChI=1S/2C26H32Cl2N2O3S.C26H32ClF3N2O4S/c2*27-19-5-12-26(24(28)17-19)34(31,32)29-20-6-8-21(9-7-20)30-15-13-18(14-16-30)23-3-1-2-4-25(23)33-22-10-11-22;1-35-24-11-6-19(27)16-25(24)37(33,34)31-20-7-9-21(10-8-20)32-14-12-18(13-15-32)22-4-2-3-5-23(22)36-17-26(28,29)30/h2*1-5,12,17-18,20-22,29H,6-11,13-16H2;2-6,11,16,18,20-21,31H,7-10,12-15,17H2,1H3. The minimum absolute atomic E-state index is 0.0335. The molecule has 0 atom stereocenters. The maximum atomic E-state index is 13.0. The zero-order chi connectivity index (χ0) is 74.0. The van der Waals surface area contributed by atoms with Crippen molar-refractivity contribution in [3.8, 4) is 23.0 Å². The number of sulfonamides is 3. The lowest BCUT2D eigenvalue weighted by atomic mass is 9.85. The molecule has 8 fully saturated rings. The average molecular weight is 1610 g/mol. The van der Waals surface area contributed by atoms with Crippen LogP contribution in [0, 0.1) is 0 Å². The first-order chi connectivity index (χ1) is 50.3. The first-order valence-corrected chi connectivity index (χ1v) is 43.5. The molecule has 16 nitrogen and oxygen atoms in total. The number of methoxy groups -OCH3 is 1. The van der Waals surface area contributed by atoms with E-state index >= 15 is 0 Å². The van der Waals surface area contributed by atoms with Crippen LogP contribution in [0.3, 0.4) is 0 Å². The average Bonchev–Trinajstić information content (AvgIpc) is 1.60. The molecular weight excluding hydrogens is 1510 g/mol. The molecule has 3 N–H and O–H groups in total. The fourth-order valence-electron chi connectivity index (χ4n) is 16.2. The van der Waals surface area contributed by atoms with Crippen molar-refractivity contribution in [3.63, 3.8) is 0 Å². The molecule has 5 saturated carbocycles. The highest BCUT2D eigenvalue weighted by atomic mass is 35.5. The number of hydrogen-bond donors (Lipinski definition) is 3. The smallest absolute Gasteiger partial charge is 0.422 e. The van der Waals surface area contributed by atoms with Gasteiger partial charge < -0.3 is 33.6 Å².